The van der Waals surface area contributed by atoms with Gasteiger partial charge in [0.05, 0.1) is 10.5 Å². The summed E-state index contributed by atoms with van der Waals surface area (Å²) in [5.74, 6) is 0.837. The molecular formula is C10H9IO2. The average Bonchev–Trinajstić information content (AvgIpc) is 2.59. The lowest BCUT2D eigenvalue weighted by molar-refractivity contribution is 0.291. The highest BCUT2D eigenvalue weighted by molar-refractivity contribution is 14.1. The van der Waals surface area contributed by atoms with Gasteiger partial charge >= 0.3 is 0 Å². The van der Waals surface area contributed by atoms with E-state index in [1.54, 1.807) is 0 Å². The Kier molecular flexibility index (Phi) is 2.55. The van der Waals surface area contributed by atoms with Crippen molar-refractivity contribution in [2.75, 3.05) is 6.61 Å². The van der Waals surface area contributed by atoms with Crippen molar-refractivity contribution in [3.63, 3.8) is 0 Å². The summed E-state index contributed by atoms with van der Waals surface area (Å²) in [5, 5.41) is 10.0. The van der Waals surface area contributed by atoms with E-state index in [0.29, 0.717) is 0 Å². The summed E-state index contributed by atoms with van der Waals surface area (Å²) < 4.78 is 5.60. The maximum absolute atomic E-state index is 8.95. The van der Waals surface area contributed by atoms with Gasteiger partial charge in [0.1, 0.15) is 11.3 Å². The number of alkyl halides is 1. The van der Waals surface area contributed by atoms with Crippen LogP contribution in [-0.4, -0.2) is 11.7 Å². The molecule has 1 atom stereocenters. The average molecular weight is 288 g/mol. The first kappa shape index (κ1) is 9.02. The molecule has 2 aromatic rings. The van der Waals surface area contributed by atoms with Crippen molar-refractivity contribution in [1.82, 2.24) is 0 Å². The number of hydrogen-bond donors (Lipinski definition) is 1. The monoisotopic (exact) mass is 288 g/mol. The van der Waals surface area contributed by atoms with E-state index in [-0.39, 0.29) is 10.5 Å². The van der Waals surface area contributed by atoms with Crippen LogP contribution in [0.2, 0.25) is 0 Å². The van der Waals surface area contributed by atoms with Crippen molar-refractivity contribution in [1.29, 1.82) is 0 Å². The zero-order valence-corrected chi connectivity index (χ0v) is 9.06. The molecule has 0 aliphatic carbocycles. The lowest BCUT2D eigenvalue weighted by atomic mass is 10.2. The van der Waals surface area contributed by atoms with Crippen molar-refractivity contribution in [3.05, 3.63) is 36.1 Å². The van der Waals surface area contributed by atoms with Gasteiger partial charge in [-0.15, -0.1) is 0 Å². The van der Waals surface area contributed by atoms with Crippen molar-refractivity contribution >= 4 is 33.6 Å². The van der Waals surface area contributed by atoms with Crippen LogP contribution in [0, 0.1) is 0 Å². The Morgan fingerprint density at radius 2 is 2.15 bits per heavy atom. The maximum Gasteiger partial charge on any atom is 0.134 e. The minimum atomic E-state index is 0.0463. The van der Waals surface area contributed by atoms with E-state index < -0.39 is 0 Å². The largest absolute Gasteiger partial charge is 0.460 e. The molecule has 0 fully saturated rings. The Labute approximate surface area is 89.7 Å². The molecule has 1 aromatic carbocycles. The third kappa shape index (κ3) is 1.71. The molecular weight excluding hydrogens is 279 g/mol. The third-order valence-corrected chi connectivity index (χ3v) is 2.92. The second-order valence-corrected chi connectivity index (χ2v) is 4.34. The van der Waals surface area contributed by atoms with Crippen LogP contribution in [0.25, 0.3) is 11.0 Å². The number of para-hydroxylation sites is 1. The first-order valence-corrected chi connectivity index (χ1v) is 5.29. The molecule has 0 radical (unpaired) electrons. The lowest BCUT2D eigenvalue weighted by Crippen LogP contribution is -1.91. The Morgan fingerprint density at radius 3 is 2.85 bits per heavy atom. The summed E-state index contributed by atoms with van der Waals surface area (Å²) in [6.07, 6.45) is 0. The lowest BCUT2D eigenvalue weighted by Gasteiger charge is -1.98. The number of rotatable bonds is 2. The van der Waals surface area contributed by atoms with E-state index in [9.17, 15) is 0 Å². The van der Waals surface area contributed by atoms with Gasteiger partial charge in [0.2, 0.25) is 0 Å². The number of aliphatic hydroxyl groups is 1. The van der Waals surface area contributed by atoms with Gasteiger partial charge < -0.3 is 9.52 Å². The highest BCUT2D eigenvalue weighted by Gasteiger charge is 2.10. The summed E-state index contributed by atoms with van der Waals surface area (Å²) >= 11 is 2.16. The second kappa shape index (κ2) is 3.67. The Morgan fingerprint density at radius 1 is 1.38 bits per heavy atom. The molecule has 0 saturated carbocycles. The van der Waals surface area contributed by atoms with Crippen molar-refractivity contribution in [2.45, 2.75) is 3.92 Å². The van der Waals surface area contributed by atoms with Gasteiger partial charge in [-0.05, 0) is 12.1 Å². The quantitative estimate of drug-likeness (QED) is 0.681. The molecule has 0 spiro atoms. The molecule has 1 aromatic heterocycles. The van der Waals surface area contributed by atoms with E-state index in [4.69, 9.17) is 9.52 Å². The van der Waals surface area contributed by atoms with Crippen molar-refractivity contribution in [3.8, 4) is 0 Å². The minimum Gasteiger partial charge on any atom is -0.460 e. The number of aliphatic hydroxyl groups excluding tert-OH is 1. The van der Waals surface area contributed by atoms with Crippen LogP contribution in [0.15, 0.2) is 34.7 Å². The van der Waals surface area contributed by atoms with Gasteiger partial charge in [-0.2, -0.15) is 0 Å². The Hall–Kier alpha value is -0.550. The molecule has 68 valence electrons. The van der Waals surface area contributed by atoms with E-state index in [1.807, 2.05) is 30.3 Å². The molecule has 0 saturated heterocycles. The first-order chi connectivity index (χ1) is 6.31. The molecule has 0 bridgehead atoms. The standard InChI is InChI=1S/C10H9IO2/c11-8(6-12)10-5-7-3-1-2-4-9(7)13-10/h1-5,8,12H,6H2/t8-/m1/s1. The fourth-order valence-electron chi connectivity index (χ4n) is 1.25. The Balaban J connectivity index is 2.49. The SMILES string of the molecule is OC[C@@H](I)c1cc2ccccc2o1. The first-order valence-electron chi connectivity index (χ1n) is 4.04. The number of benzene rings is 1. The molecule has 2 nitrogen and oxygen atoms in total. The van der Waals surface area contributed by atoms with E-state index in [2.05, 4.69) is 22.6 Å². The summed E-state index contributed by atoms with van der Waals surface area (Å²) in [7, 11) is 0. The van der Waals surface area contributed by atoms with Crippen LogP contribution in [0.1, 0.15) is 9.68 Å². The molecule has 3 heteroatoms. The number of halogens is 1. The zero-order valence-electron chi connectivity index (χ0n) is 6.90. The van der Waals surface area contributed by atoms with Crippen molar-refractivity contribution in [2.24, 2.45) is 0 Å². The summed E-state index contributed by atoms with van der Waals surface area (Å²) in [4.78, 5) is 0. The molecule has 0 unspecified atom stereocenters. The second-order valence-electron chi connectivity index (χ2n) is 2.84. The smallest absolute Gasteiger partial charge is 0.134 e. The topological polar surface area (TPSA) is 33.4 Å². The van der Waals surface area contributed by atoms with Crippen molar-refractivity contribution < 1.29 is 9.52 Å². The number of hydrogen-bond acceptors (Lipinski definition) is 2. The molecule has 0 amide bonds. The highest BCUT2D eigenvalue weighted by Crippen LogP contribution is 2.28. The van der Waals surface area contributed by atoms with E-state index in [1.165, 1.54) is 0 Å². The minimum absolute atomic E-state index is 0.0463. The Bertz CT molecular complexity index is 375. The van der Waals surface area contributed by atoms with Gasteiger partial charge in [-0.1, -0.05) is 40.8 Å². The summed E-state index contributed by atoms with van der Waals surface area (Å²) in [6, 6.07) is 9.82. The highest BCUT2D eigenvalue weighted by atomic mass is 127. The molecule has 1 heterocycles. The molecule has 0 aliphatic rings. The maximum atomic E-state index is 8.95. The van der Waals surface area contributed by atoms with Gasteiger partial charge in [-0.25, -0.2) is 0 Å². The number of fused-ring (bicyclic) bond motifs is 1. The summed E-state index contributed by atoms with van der Waals surface area (Å²) in [6.45, 7) is 0.111. The normalized spacial score (nSPS) is 13.4. The molecule has 13 heavy (non-hydrogen) atoms. The molecule has 0 aliphatic heterocycles. The van der Waals surface area contributed by atoms with Crippen LogP contribution in [0.5, 0.6) is 0 Å². The fourth-order valence-corrected chi connectivity index (χ4v) is 1.55. The third-order valence-electron chi connectivity index (χ3n) is 1.91. The van der Waals surface area contributed by atoms with Crippen LogP contribution in [-0.2, 0) is 0 Å². The van der Waals surface area contributed by atoms with Crippen LogP contribution in [0.4, 0.5) is 0 Å². The predicted octanol–water partition coefficient (Wildman–Crippen LogP) is 2.90. The van der Waals surface area contributed by atoms with Gasteiger partial charge in [-0.3, -0.25) is 0 Å². The van der Waals surface area contributed by atoms with E-state index in [0.717, 1.165) is 16.7 Å². The van der Waals surface area contributed by atoms with Gasteiger partial charge in [0, 0.05) is 5.39 Å². The zero-order chi connectivity index (χ0) is 9.26. The van der Waals surface area contributed by atoms with Crippen LogP contribution >= 0.6 is 22.6 Å². The fraction of sp³-hybridized carbons (Fsp3) is 0.200. The van der Waals surface area contributed by atoms with Gasteiger partial charge in [0.15, 0.2) is 0 Å². The van der Waals surface area contributed by atoms with E-state index >= 15 is 0 Å². The molecule has 2 rings (SSSR count). The van der Waals surface area contributed by atoms with Crippen LogP contribution in [0.3, 0.4) is 0 Å². The summed E-state index contributed by atoms with van der Waals surface area (Å²) in [5.41, 5.74) is 0.882. The predicted molar refractivity (Wildman–Crippen MR) is 60.1 cm³/mol. The molecule has 1 N–H and O–H groups in total. The van der Waals surface area contributed by atoms with Crippen LogP contribution < -0.4 is 0 Å². The number of furan rings is 1. The van der Waals surface area contributed by atoms with Gasteiger partial charge in [0.25, 0.3) is 0 Å².